The third-order valence-electron chi connectivity index (χ3n) is 1.25. The largest absolute Gasteiger partial charge is 0.387 e. The molecule has 0 radical (unpaired) electrons. The SMILES string of the molecule is O=C(CO)N1C=CC=CC=C1. The molecule has 0 saturated heterocycles. The summed E-state index contributed by atoms with van der Waals surface area (Å²) in [7, 11) is 0. The lowest BCUT2D eigenvalue weighted by Crippen LogP contribution is -2.22. The zero-order valence-corrected chi connectivity index (χ0v) is 5.97. The van der Waals surface area contributed by atoms with Gasteiger partial charge >= 0.3 is 0 Å². The van der Waals surface area contributed by atoms with E-state index in [1.807, 2.05) is 0 Å². The molecule has 11 heavy (non-hydrogen) atoms. The topological polar surface area (TPSA) is 40.5 Å². The van der Waals surface area contributed by atoms with Crippen LogP contribution in [-0.2, 0) is 4.79 Å². The third-order valence-corrected chi connectivity index (χ3v) is 1.25. The average Bonchev–Trinajstić information content (AvgIpc) is 2.30. The normalized spacial score (nSPS) is 15.2. The van der Waals surface area contributed by atoms with Crippen molar-refractivity contribution in [3.8, 4) is 0 Å². The summed E-state index contributed by atoms with van der Waals surface area (Å²) in [5, 5.41) is 8.50. The van der Waals surface area contributed by atoms with Crippen LogP contribution in [0.25, 0.3) is 0 Å². The fourth-order valence-electron chi connectivity index (χ4n) is 0.711. The van der Waals surface area contributed by atoms with Gasteiger partial charge in [0.1, 0.15) is 6.61 Å². The van der Waals surface area contributed by atoms with Gasteiger partial charge in [-0.2, -0.15) is 0 Å². The molecule has 0 aromatic rings. The molecule has 1 rings (SSSR count). The number of hydrogen-bond acceptors (Lipinski definition) is 2. The van der Waals surface area contributed by atoms with Crippen molar-refractivity contribution in [2.75, 3.05) is 6.61 Å². The molecule has 3 heteroatoms. The van der Waals surface area contributed by atoms with E-state index in [0.29, 0.717) is 0 Å². The minimum absolute atomic E-state index is 0.332. The maximum atomic E-state index is 10.9. The van der Waals surface area contributed by atoms with E-state index in [1.165, 1.54) is 4.90 Å². The highest BCUT2D eigenvalue weighted by atomic mass is 16.3. The Kier molecular flexibility index (Phi) is 2.63. The van der Waals surface area contributed by atoms with Crippen LogP contribution in [0.1, 0.15) is 0 Å². The van der Waals surface area contributed by atoms with E-state index >= 15 is 0 Å². The molecule has 0 spiro atoms. The van der Waals surface area contributed by atoms with E-state index in [4.69, 9.17) is 5.11 Å². The van der Waals surface area contributed by atoms with Crippen LogP contribution in [-0.4, -0.2) is 22.5 Å². The smallest absolute Gasteiger partial charge is 0.256 e. The molecule has 0 fully saturated rings. The summed E-state index contributed by atoms with van der Waals surface area (Å²) >= 11 is 0. The van der Waals surface area contributed by atoms with Crippen molar-refractivity contribution >= 4 is 5.91 Å². The van der Waals surface area contributed by atoms with Crippen LogP contribution in [0.15, 0.2) is 36.7 Å². The first-order valence-electron chi connectivity index (χ1n) is 3.28. The van der Waals surface area contributed by atoms with Gasteiger partial charge in [-0.3, -0.25) is 9.69 Å². The van der Waals surface area contributed by atoms with Gasteiger partial charge in [0.15, 0.2) is 0 Å². The van der Waals surface area contributed by atoms with Gasteiger partial charge in [-0.15, -0.1) is 0 Å². The van der Waals surface area contributed by atoms with E-state index in [1.54, 1.807) is 36.7 Å². The Bertz CT molecular complexity index is 212. The number of carbonyl (C=O) groups excluding carboxylic acids is 1. The molecule has 1 aliphatic rings. The lowest BCUT2D eigenvalue weighted by atomic mass is 10.5. The number of hydrogen-bond donors (Lipinski definition) is 1. The first-order valence-corrected chi connectivity index (χ1v) is 3.28. The van der Waals surface area contributed by atoms with E-state index in [-0.39, 0.29) is 5.91 Å². The van der Waals surface area contributed by atoms with Crippen LogP contribution in [0.3, 0.4) is 0 Å². The lowest BCUT2D eigenvalue weighted by Gasteiger charge is -2.09. The summed E-state index contributed by atoms with van der Waals surface area (Å²) in [5.74, 6) is -0.332. The van der Waals surface area contributed by atoms with Crippen LogP contribution in [0.2, 0.25) is 0 Å². The molecule has 1 aliphatic heterocycles. The predicted molar refractivity (Wildman–Crippen MR) is 41.4 cm³/mol. The highest BCUT2D eigenvalue weighted by molar-refractivity contribution is 5.79. The van der Waals surface area contributed by atoms with Crippen molar-refractivity contribution in [3.63, 3.8) is 0 Å². The Morgan fingerprint density at radius 2 is 1.73 bits per heavy atom. The molecule has 0 aromatic heterocycles. The van der Waals surface area contributed by atoms with Crippen LogP contribution in [0.5, 0.6) is 0 Å². The van der Waals surface area contributed by atoms with Gasteiger partial charge in [0.25, 0.3) is 5.91 Å². The number of allylic oxidation sites excluding steroid dienone is 4. The molecular formula is C8H9NO2. The summed E-state index contributed by atoms with van der Waals surface area (Å²) in [6.45, 7) is -0.464. The maximum absolute atomic E-state index is 10.9. The Labute approximate surface area is 64.9 Å². The van der Waals surface area contributed by atoms with Crippen molar-refractivity contribution in [1.82, 2.24) is 4.90 Å². The maximum Gasteiger partial charge on any atom is 0.256 e. The molecular weight excluding hydrogens is 142 g/mol. The van der Waals surface area contributed by atoms with E-state index in [2.05, 4.69) is 0 Å². The molecule has 1 heterocycles. The minimum Gasteiger partial charge on any atom is -0.387 e. The molecule has 0 saturated carbocycles. The molecule has 3 nitrogen and oxygen atoms in total. The summed E-state index contributed by atoms with van der Waals surface area (Å²) in [4.78, 5) is 12.2. The standard InChI is InChI=1S/C8H9NO2/c10-7-8(11)9-5-3-1-2-4-6-9/h1-6,10H,7H2. The highest BCUT2D eigenvalue weighted by Gasteiger charge is 2.04. The second-order valence-electron chi connectivity index (χ2n) is 2.03. The quantitative estimate of drug-likeness (QED) is 0.589. The molecule has 58 valence electrons. The van der Waals surface area contributed by atoms with E-state index in [0.717, 1.165) is 0 Å². The third kappa shape index (κ3) is 2.05. The first kappa shape index (κ1) is 7.75. The van der Waals surface area contributed by atoms with Crippen LogP contribution in [0.4, 0.5) is 0 Å². The number of carbonyl (C=O) groups is 1. The Morgan fingerprint density at radius 3 is 2.18 bits per heavy atom. The Morgan fingerprint density at radius 1 is 1.18 bits per heavy atom. The van der Waals surface area contributed by atoms with Gasteiger partial charge in [-0.1, -0.05) is 12.2 Å². The Hall–Kier alpha value is -1.35. The van der Waals surface area contributed by atoms with Gasteiger partial charge < -0.3 is 5.11 Å². The van der Waals surface area contributed by atoms with Crippen molar-refractivity contribution in [2.24, 2.45) is 0 Å². The zero-order valence-electron chi connectivity index (χ0n) is 5.97. The molecule has 0 aliphatic carbocycles. The van der Waals surface area contributed by atoms with Crippen molar-refractivity contribution in [2.45, 2.75) is 0 Å². The molecule has 1 N–H and O–H groups in total. The highest BCUT2D eigenvalue weighted by Crippen LogP contribution is 1.97. The van der Waals surface area contributed by atoms with Gasteiger partial charge in [0.05, 0.1) is 0 Å². The lowest BCUT2D eigenvalue weighted by molar-refractivity contribution is -0.129. The summed E-state index contributed by atoms with van der Waals surface area (Å²) in [6.07, 6.45) is 10.3. The molecule has 0 aromatic carbocycles. The monoisotopic (exact) mass is 151 g/mol. The van der Waals surface area contributed by atoms with Crippen LogP contribution in [0, 0.1) is 0 Å². The van der Waals surface area contributed by atoms with E-state index < -0.39 is 6.61 Å². The summed E-state index contributed by atoms with van der Waals surface area (Å²) in [5.41, 5.74) is 0. The molecule has 1 amide bonds. The Balaban J connectivity index is 2.67. The first-order chi connectivity index (χ1) is 5.34. The van der Waals surface area contributed by atoms with Gasteiger partial charge in [-0.05, 0) is 12.2 Å². The number of amides is 1. The molecule has 0 bridgehead atoms. The number of rotatable bonds is 1. The fraction of sp³-hybridized carbons (Fsp3) is 0.125. The summed E-state index contributed by atoms with van der Waals surface area (Å²) in [6, 6.07) is 0. The second kappa shape index (κ2) is 3.73. The van der Waals surface area contributed by atoms with Gasteiger partial charge in [0, 0.05) is 12.4 Å². The summed E-state index contributed by atoms with van der Waals surface area (Å²) < 4.78 is 0. The van der Waals surface area contributed by atoms with E-state index in [9.17, 15) is 4.79 Å². The van der Waals surface area contributed by atoms with Crippen molar-refractivity contribution in [1.29, 1.82) is 0 Å². The second-order valence-corrected chi connectivity index (χ2v) is 2.03. The van der Waals surface area contributed by atoms with Crippen molar-refractivity contribution < 1.29 is 9.90 Å². The van der Waals surface area contributed by atoms with Gasteiger partial charge in [-0.25, -0.2) is 0 Å². The van der Waals surface area contributed by atoms with Crippen molar-refractivity contribution in [3.05, 3.63) is 36.7 Å². The minimum atomic E-state index is -0.464. The van der Waals surface area contributed by atoms with Gasteiger partial charge in [0.2, 0.25) is 0 Å². The number of aliphatic hydroxyl groups is 1. The van der Waals surface area contributed by atoms with Crippen LogP contribution >= 0.6 is 0 Å². The molecule has 0 unspecified atom stereocenters. The van der Waals surface area contributed by atoms with Crippen LogP contribution < -0.4 is 0 Å². The average molecular weight is 151 g/mol. The molecule has 0 atom stereocenters. The number of nitrogens with zero attached hydrogens (tertiary/aromatic N) is 1. The predicted octanol–water partition coefficient (Wildman–Crippen LogP) is 0.405. The fourth-order valence-corrected chi connectivity index (χ4v) is 0.711. The zero-order chi connectivity index (χ0) is 8.10. The number of aliphatic hydroxyl groups excluding tert-OH is 1.